The van der Waals surface area contributed by atoms with E-state index in [9.17, 15) is 18.0 Å². The van der Waals surface area contributed by atoms with Crippen LogP contribution < -0.4 is 10.6 Å². The maximum Gasteiger partial charge on any atom is 0.239 e. The fourth-order valence-corrected chi connectivity index (χ4v) is 1.67. The molecule has 0 fully saturated rings. The molecule has 0 aliphatic heterocycles. The fraction of sp³-hybridized carbons (Fsp3) is 0.462. The Morgan fingerprint density at radius 3 is 2.37 bits per heavy atom. The number of hydrogen-bond acceptors (Lipinski definition) is 2. The molecule has 1 aromatic carbocycles. The number of anilines is 1. The van der Waals surface area contributed by atoms with E-state index in [-0.39, 0.29) is 24.2 Å². The van der Waals surface area contributed by atoms with Gasteiger partial charge in [0.2, 0.25) is 5.91 Å². The number of carbonyl (C=O) groups excluding carboxylic acids is 1. The van der Waals surface area contributed by atoms with Gasteiger partial charge in [0.1, 0.15) is 0 Å². The highest BCUT2D eigenvalue weighted by molar-refractivity contribution is 5.80. The van der Waals surface area contributed by atoms with E-state index in [0.29, 0.717) is 0 Å². The molecule has 0 spiro atoms. The van der Waals surface area contributed by atoms with Crippen molar-refractivity contribution in [3.8, 4) is 0 Å². The first-order valence-electron chi connectivity index (χ1n) is 6.11. The zero-order valence-electron chi connectivity index (χ0n) is 10.9. The normalized spacial score (nSPS) is 12.1. The van der Waals surface area contributed by atoms with Crippen molar-refractivity contribution in [1.82, 2.24) is 5.32 Å². The van der Waals surface area contributed by atoms with Crippen LogP contribution in [0.2, 0.25) is 0 Å². The van der Waals surface area contributed by atoms with Crippen molar-refractivity contribution in [1.29, 1.82) is 0 Å². The SMILES string of the molecule is CCCC(C)NC(=O)CNc1cc(F)c(F)c(F)c1. The monoisotopic (exact) mass is 274 g/mol. The van der Waals surface area contributed by atoms with E-state index in [1.807, 2.05) is 13.8 Å². The lowest BCUT2D eigenvalue weighted by molar-refractivity contribution is -0.120. The Bertz CT molecular complexity index is 429. The van der Waals surface area contributed by atoms with E-state index < -0.39 is 17.5 Å². The van der Waals surface area contributed by atoms with Gasteiger partial charge in [-0.25, -0.2) is 13.2 Å². The first kappa shape index (κ1) is 15.3. The highest BCUT2D eigenvalue weighted by atomic mass is 19.2. The molecule has 19 heavy (non-hydrogen) atoms. The van der Waals surface area contributed by atoms with Crippen LogP contribution in [0.3, 0.4) is 0 Å². The van der Waals surface area contributed by atoms with Gasteiger partial charge in [0.25, 0.3) is 0 Å². The molecule has 1 aromatic rings. The van der Waals surface area contributed by atoms with Gasteiger partial charge in [-0.15, -0.1) is 0 Å². The summed E-state index contributed by atoms with van der Waals surface area (Å²) in [5.41, 5.74) is 0.0229. The van der Waals surface area contributed by atoms with Crippen LogP contribution in [0, 0.1) is 17.5 Å². The molecule has 0 saturated heterocycles. The standard InChI is InChI=1S/C13H17F3N2O/c1-3-4-8(2)18-12(19)7-17-9-5-10(14)13(16)11(15)6-9/h5-6,8,17H,3-4,7H2,1-2H3,(H,18,19). The number of amides is 1. The van der Waals surface area contributed by atoms with Crippen molar-refractivity contribution >= 4 is 11.6 Å². The van der Waals surface area contributed by atoms with Gasteiger partial charge in [0.15, 0.2) is 17.5 Å². The minimum absolute atomic E-state index is 0.0229. The molecule has 1 unspecified atom stereocenters. The number of hydrogen-bond donors (Lipinski definition) is 2. The molecule has 0 aliphatic carbocycles. The van der Waals surface area contributed by atoms with Crippen LogP contribution in [0.5, 0.6) is 0 Å². The summed E-state index contributed by atoms with van der Waals surface area (Å²) in [7, 11) is 0. The Morgan fingerprint density at radius 2 is 1.84 bits per heavy atom. The lowest BCUT2D eigenvalue weighted by Gasteiger charge is -2.13. The van der Waals surface area contributed by atoms with Crippen LogP contribution in [0.1, 0.15) is 26.7 Å². The van der Waals surface area contributed by atoms with Gasteiger partial charge in [-0.2, -0.15) is 0 Å². The van der Waals surface area contributed by atoms with Gasteiger partial charge in [-0.1, -0.05) is 13.3 Å². The average Bonchev–Trinajstić information content (AvgIpc) is 2.33. The van der Waals surface area contributed by atoms with Gasteiger partial charge in [-0.05, 0) is 13.3 Å². The second-order valence-corrected chi connectivity index (χ2v) is 4.36. The molecule has 0 bridgehead atoms. The molecule has 1 amide bonds. The highest BCUT2D eigenvalue weighted by Gasteiger charge is 2.11. The molecule has 1 rings (SSSR count). The summed E-state index contributed by atoms with van der Waals surface area (Å²) in [6.45, 7) is 3.75. The number of benzene rings is 1. The van der Waals surface area contributed by atoms with Crippen molar-refractivity contribution in [2.24, 2.45) is 0 Å². The molecule has 0 aliphatic rings. The zero-order valence-corrected chi connectivity index (χ0v) is 10.9. The van der Waals surface area contributed by atoms with Crippen molar-refractivity contribution in [2.75, 3.05) is 11.9 Å². The number of nitrogens with one attached hydrogen (secondary N) is 2. The molecule has 3 nitrogen and oxygen atoms in total. The molecule has 6 heteroatoms. The van der Waals surface area contributed by atoms with Crippen molar-refractivity contribution in [2.45, 2.75) is 32.7 Å². The first-order chi connectivity index (χ1) is 8.93. The number of carbonyl (C=O) groups is 1. The third kappa shape index (κ3) is 4.81. The molecule has 0 saturated carbocycles. The molecule has 106 valence electrons. The van der Waals surface area contributed by atoms with E-state index in [2.05, 4.69) is 10.6 Å². The van der Waals surface area contributed by atoms with E-state index >= 15 is 0 Å². The van der Waals surface area contributed by atoms with E-state index in [4.69, 9.17) is 0 Å². The summed E-state index contributed by atoms with van der Waals surface area (Å²) in [6.07, 6.45) is 1.80. The third-order valence-electron chi connectivity index (χ3n) is 2.57. The van der Waals surface area contributed by atoms with Crippen LogP contribution in [0.25, 0.3) is 0 Å². The fourth-order valence-electron chi connectivity index (χ4n) is 1.67. The van der Waals surface area contributed by atoms with E-state index in [1.54, 1.807) is 0 Å². The zero-order chi connectivity index (χ0) is 14.4. The third-order valence-corrected chi connectivity index (χ3v) is 2.57. The lowest BCUT2D eigenvalue weighted by atomic mass is 10.2. The van der Waals surface area contributed by atoms with Crippen LogP contribution in [0.4, 0.5) is 18.9 Å². The minimum atomic E-state index is -1.52. The van der Waals surface area contributed by atoms with Gasteiger partial charge < -0.3 is 10.6 Å². The second kappa shape index (κ2) is 7.01. The summed E-state index contributed by atoms with van der Waals surface area (Å²) >= 11 is 0. The Hall–Kier alpha value is -1.72. The Morgan fingerprint density at radius 1 is 1.26 bits per heavy atom. The molecule has 0 heterocycles. The van der Waals surface area contributed by atoms with Crippen molar-refractivity contribution in [3.05, 3.63) is 29.6 Å². The van der Waals surface area contributed by atoms with Crippen LogP contribution in [0.15, 0.2) is 12.1 Å². The quantitative estimate of drug-likeness (QED) is 0.783. The maximum absolute atomic E-state index is 12.9. The average molecular weight is 274 g/mol. The predicted octanol–water partition coefficient (Wildman–Crippen LogP) is 2.82. The van der Waals surface area contributed by atoms with E-state index in [0.717, 1.165) is 25.0 Å². The second-order valence-electron chi connectivity index (χ2n) is 4.36. The first-order valence-corrected chi connectivity index (χ1v) is 6.11. The van der Waals surface area contributed by atoms with Crippen LogP contribution in [-0.2, 0) is 4.79 Å². The van der Waals surface area contributed by atoms with Crippen LogP contribution >= 0.6 is 0 Å². The molecule has 0 aromatic heterocycles. The largest absolute Gasteiger partial charge is 0.376 e. The van der Waals surface area contributed by atoms with Crippen molar-refractivity contribution < 1.29 is 18.0 Å². The molecule has 2 N–H and O–H groups in total. The molecule has 0 radical (unpaired) electrons. The Balaban J connectivity index is 2.51. The molecule has 1 atom stereocenters. The summed E-state index contributed by atoms with van der Waals surface area (Å²) < 4.78 is 38.5. The lowest BCUT2D eigenvalue weighted by Crippen LogP contribution is -2.36. The van der Waals surface area contributed by atoms with Gasteiger partial charge in [-0.3, -0.25) is 4.79 Å². The Kier molecular flexibility index (Phi) is 5.66. The predicted molar refractivity (Wildman–Crippen MR) is 67.3 cm³/mol. The highest BCUT2D eigenvalue weighted by Crippen LogP contribution is 2.16. The van der Waals surface area contributed by atoms with Gasteiger partial charge in [0.05, 0.1) is 6.54 Å². The van der Waals surface area contributed by atoms with Gasteiger partial charge >= 0.3 is 0 Å². The number of halogens is 3. The van der Waals surface area contributed by atoms with Crippen LogP contribution in [-0.4, -0.2) is 18.5 Å². The topological polar surface area (TPSA) is 41.1 Å². The van der Waals surface area contributed by atoms with E-state index in [1.165, 1.54) is 0 Å². The molecular formula is C13H17F3N2O. The molecular weight excluding hydrogens is 257 g/mol. The summed E-state index contributed by atoms with van der Waals surface area (Å²) in [6, 6.07) is 1.66. The summed E-state index contributed by atoms with van der Waals surface area (Å²) in [5, 5.41) is 5.27. The number of rotatable bonds is 6. The maximum atomic E-state index is 12.9. The Labute approximate surface area is 110 Å². The summed E-state index contributed by atoms with van der Waals surface area (Å²) in [5.74, 6) is -4.39. The minimum Gasteiger partial charge on any atom is -0.376 e. The van der Waals surface area contributed by atoms with Gasteiger partial charge in [0, 0.05) is 23.9 Å². The smallest absolute Gasteiger partial charge is 0.239 e. The van der Waals surface area contributed by atoms with Crippen molar-refractivity contribution in [3.63, 3.8) is 0 Å². The summed E-state index contributed by atoms with van der Waals surface area (Å²) in [4.78, 5) is 11.5.